The van der Waals surface area contributed by atoms with Crippen molar-refractivity contribution < 1.29 is 18.3 Å². The van der Waals surface area contributed by atoms with Crippen LogP contribution in [0.2, 0.25) is 0 Å². The summed E-state index contributed by atoms with van der Waals surface area (Å²) in [6, 6.07) is 9.01. The minimum absolute atomic E-state index is 0.169. The highest BCUT2D eigenvalue weighted by atomic mass is 19.4. The van der Waals surface area contributed by atoms with E-state index in [1.807, 2.05) is 0 Å². The number of aliphatic hydroxyl groups is 1. The average Bonchev–Trinajstić information content (AvgIpc) is 3.12. The first-order chi connectivity index (χ1) is 15.1. The van der Waals surface area contributed by atoms with Crippen LogP contribution in [0.1, 0.15) is 44.2 Å². The van der Waals surface area contributed by atoms with Crippen LogP contribution in [0.5, 0.6) is 0 Å². The number of pyridine rings is 1. The molecular formula is C22H22F3N5O2. The van der Waals surface area contributed by atoms with Crippen molar-refractivity contribution in [3.05, 3.63) is 52.4 Å². The van der Waals surface area contributed by atoms with Gasteiger partial charge in [0.2, 0.25) is 0 Å². The molecule has 2 aromatic heterocycles. The largest absolute Gasteiger partial charge is 0.421 e. The van der Waals surface area contributed by atoms with Crippen LogP contribution in [0.15, 0.2) is 41.3 Å². The van der Waals surface area contributed by atoms with Gasteiger partial charge in [-0.05, 0) is 43.5 Å². The molecule has 7 nitrogen and oxygen atoms in total. The van der Waals surface area contributed by atoms with Crippen LogP contribution in [0.4, 0.5) is 24.7 Å². The number of hydrogen-bond acceptors (Lipinski definition) is 5. The van der Waals surface area contributed by atoms with Gasteiger partial charge in [-0.25, -0.2) is 0 Å². The molecule has 0 aliphatic heterocycles. The minimum Gasteiger partial charge on any atom is -0.376 e. The molecule has 1 aliphatic carbocycles. The van der Waals surface area contributed by atoms with Crippen LogP contribution in [0.25, 0.3) is 10.9 Å². The Morgan fingerprint density at radius 1 is 1.22 bits per heavy atom. The number of halogens is 3. The molecule has 0 amide bonds. The van der Waals surface area contributed by atoms with Crippen molar-refractivity contribution in [3.8, 4) is 6.07 Å². The van der Waals surface area contributed by atoms with Crippen LogP contribution in [-0.2, 0) is 5.60 Å². The fourth-order valence-electron chi connectivity index (χ4n) is 4.17. The van der Waals surface area contributed by atoms with Crippen molar-refractivity contribution in [1.29, 1.82) is 5.26 Å². The third kappa shape index (κ3) is 3.73. The second-order valence-electron chi connectivity index (χ2n) is 8.22. The maximum absolute atomic E-state index is 13.1. The first-order valence-corrected chi connectivity index (χ1v) is 10.3. The zero-order valence-corrected chi connectivity index (χ0v) is 17.3. The molecule has 3 N–H and O–H groups in total. The van der Waals surface area contributed by atoms with Crippen molar-refractivity contribution in [1.82, 2.24) is 14.8 Å². The summed E-state index contributed by atoms with van der Waals surface area (Å²) < 4.78 is 41.0. The Balaban J connectivity index is 1.71. The van der Waals surface area contributed by atoms with Gasteiger partial charge in [0.05, 0.1) is 23.5 Å². The molecule has 1 aliphatic rings. The fourth-order valence-corrected chi connectivity index (χ4v) is 4.17. The van der Waals surface area contributed by atoms with Crippen LogP contribution in [0.3, 0.4) is 0 Å². The van der Waals surface area contributed by atoms with E-state index >= 15 is 0 Å². The summed E-state index contributed by atoms with van der Waals surface area (Å²) in [6.07, 6.45) is 0.147. The number of rotatable bonds is 4. The highest BCUT2D eigenvalue weighted by Gasteiger charge is 2.51. The predicted octanol–water partition coefficient (Wildman–Crippen LogP) is 4.49. The number of fused-ring (bicyclic) bond motifs is 1. The number of alkyl halides is 3. The molecule has 2 heterocycles. The molecule has 0 spiro atoms. The standard InChI is InChI=1S/C22H22F3N5O2/c1-21(32,22(23,24)25)14-6-8-15(9-7-14)28-19-18-17(10-11-27-20(18)31)30(29-19)16-5-3-2-4-13(16)12-26/h6-11,13,16,32H,2-5H2,1H3,(H,27,31)(H,28,29)/t13-,16+,21?/m1/s1. The summed E-state index contributed by atoms with van der Waals surface area (Å²) in [5, 5.41) is 27.3. The Morgan fingerprint density at radius 2 is 1.91 bits per heavy atom. The number of H-pyrrole nitrogens is 1. The molecule has 10 heteroatoms. The van der Waals surface area contributed by atoms with Crippen LogP contribution >= 0.6 is 0 Å². The summed E-state index contributed by atoms with van der Waals surface area (Å²) in [6.45, 7) is 0.694. The van der Waals surface area contributed by atoms with Crippen molar-refractivity contribution in [2.24, 2.45) is 5.92 Å². The van der Waals surface area contributed by atoms with E-state index in [1.54, 1.807) is 10.7 Å². The number of nitrogens with one attached hydrogen (secondary N) is 2. The molecule has 1 unspecified atom stereocenters. The molecule has 0 radical (unpaired) electrons. The second-order valence-corrected chi connectivity index (χ2v) is 8.22. The number of nitrogens with zero attached hydrogens (tertiary/aromatic N) is 3. The lowest BCUT2D eigenvalue weighted by atomic mass is 9.85. The molecule has 168 valence electrons. The van der Waals surface area contributed by atoms with Gasteiger partial charge in [-0.2, -0.15) is 23.5 Å². The molecular weight excluding hydrogens is 423 g/mol. The lowest BCUT2D eigenvalue weighted by Gasteiger charge is -2.27. The summed E-state index contributed by atoms with van der Waals surface area (Å²) in [4.78, 5) is 15.2. The number of benzene rings is 1. The van der Waals surface area contributed by atoms with Gasteiger partial charge in [-0.3, -0.25) is 9.48 Å². The van der Waals surface area contributed by atoms with Crippen LogP contribution in [-0.4, -0.2) is 26.0 Å². The van der Waals surface area contributed by atoms with E-state index in [0.29, 0.717) is 23.5 Å². The topological polar surface area (TPSA) is 107 Å². The summed E-state index contributed by atoms with van der Waals surface area (Å²) in [5.41, 5.74) is -2.66. The van der Waals surface area contributed by atoms with Gasteiger partial charge in [0.1, 0.15) is 5.39 Å². The third-order valence-electron chi connectivity index (χ3n) is 6.10. The average molecular weight is 445 g/mol. The predicted molar refractivity (Wildman–Crippen MR) is 112 cm³/mol. The minimum atomic E-state index is -4.82. The van der Waals surface area contributed by atoms with E-state index in [-0.39, 0.29) is 28.9 Å². The number of aromatic amines is 1. The summed E-state index contributed by atoms with van der Waals surface area (Å²) in [5.74, 6) is 0.0299. The Labute approximate surface area is 181 Å². The summed E-state index contributed by atoms with van der Waals surface area (Å²) >= 11 is 0. The monoisotopic (exact) mass is 445 g/mol. The fraction of sp³-hybridized carbons (Fsp3) is 0.409. The molecule has 1 aromatic carbocycles. The highest BCUT2D eigenvalue weighted by molar-refractivity contribution is 5.91. The number of nitriles is 1. The van der Waals surface area contributed by atoms with Crippen LogP contribution in [0, 0.1) is 17.2 Å². The number of aromatic nitrogens is 3. The van der Waals surface area contributed by atoms with Gasteiger partial charge in [0.15, 0.2) is 11.4 Å². The smallest absolute Gasteiger partial charge is 0.376 e. The molecule has 1 fully saturated rings. The molecule has 32 heavy (non-hydrogen) atoms. The van der Waals surface area contributed by atoms with E-state index in [4.69, 9.17) is 0 Å². The molecule has 0 saturated heterocycles. The summed E-state index contributed by atoms with van der Waals surface area (Å²) in [7, 11) is 0. The number of anilines is 2. The van der Waals surface area contributed by atoms with Crippen molar-refractivity contribution >= 4 is 22.4 Å². The first-order valence-electron chi connectivity index (χ1n) is 10.3. The molecule has 0 bridgehead atoms. The van der Waals surface area contributed by atoms with E-state index in [0.717, 1.165) is 25.7 Å². The van der Waals surface area contributed by atoms with E-state index in [2.05, 4.69) is 21.5 Å². The van der Waals surface area contributed by atoms with E-state index in [1.165, 1.54) is 30.5 Å². The molecule has 1 saturated carbocycles. The zero-order chi connectivity index (χ0) is 23.1. The molecule has 4 rings (SSSR count). The maximum Gasteiger partial charge on any atom is 0.421 e. The lowest BCUT2D eigenvalue weighted by Crippen LogP contribution is -2.39. The Hall–Kier alpha value is -3.32. The van der Waals surface area contributed by atoms with Crippen molar-refractivity contribution in [3.63, 3.8) is 0 Å². The van der Waals surface area contributed by atoms with Crippen LogP contribution < -0.4 is 10.9 Å². The Morgan fingerprint density at radius 3 is 2.56 bits per heavy atom. The lowest BCUT2D eigenvalue weighted by molar-refractivity contribution is -0.258. The number of hydrogen-bond donors (Lipinski definition) is 3. The third-order valence-corrected chi connectivity index (χ3v) is 6.10. The van der Waals surface area contributed by atoms with Gasteiger partial charge in [0, 0.05) is 11.9 Å². The van der Waals surface area contributed by atoms with Gasteiger partial charge in [-0.1, -0.05) is 25.0 Å². The molecule has 3 aromatic rings. The van der Waals surface area contributed by atoms with Gasteiger partial charge >= 0.3 is 6.18 Å². The van der Waals surface area contributed by atoms with Gasteiger partial charge in [0.25, 0.3) is 5.56 Å². The Kier molecular flexibility index (Phi) is 5.46. The second kappa shape index (κ2) is 7.98. The van der Waals surface area contributed by atoms with Crippen molar-refractivity contribution in [2.75, 3.05) is 5.32 Å². The first kappa shape index (κ1) is 21.9. The molecule has 3 atom stereocenters. The van der Waals surface area contributed by atoms with E-state index in [9.17, 15) is 28.3 Å². The zero-order valence-electron chi connectivity index (χ0n) is 17.3. The normalized spacial score (nSPS) is 21.1. The van der Waals surface area contributed by atoms with E-state index < -0.39 is 11.8 Å². The highest BCUT2D eigenvalue weighted by Crippen LogP contribution is 2.39. The maximum atomic E-state index is 13.1. The van der Waals surface area contributed by atoms with Crippen molar-refractivity contribution in [2.45, 2.75) is 50.4 Å². The quantitative estimate of drug-likeness (QED) is 0.549. The van der Waals surface area contributed by atoms with Gasteiger partial charge in [-0.15, -0.1) is 0 Å². The SMILES string of the molecule is CC(O)(c1ccc(Nc2nn([C@H]3CCCC[C@@H]3C#N)c3cc[nH]c(=O)c23)cc1)C(F)(F)F. The van der Waals surface area contributed by atoms with Gasteiger partial charge < -0.3 is 15.4 Å². The Bertz CT molecular complexity index is 1220.